The van der Waals surface area contributed by atoms with Gasteiger partial charge in [0.1, 0.15) is 16.8 Å². The van der Waals surface area contributed by atoms with Crippen molar-refractivity contribution in [3.63, 3.8) is 0 Å². The minimum Gasteiger partial charge on any atom is -0.399 e. The van der Waals surface area contributed by atoms with Crippen LogP contribution in [0.25, 0.3) is 45.0 Å². The number of aliphatic hydroxyl groups is 2. The zero-order valence-electron chi connectivity index (χ0n) is 70.6. The summed E-state index contributed by atoms with van der Waals surface area (Å²) >= 11 is 5.92. The van der Waals surface area contributed by atoms with Crippen molar-refractivity contribution in [3.05, 3.63) is 206 Å². The quantitative estimate of drug-likeness (QED) is 0.0274. The first-order valence-corrected chi connectivity index (χ1v) is 37.2. The van der Waals surface area contributed by atoms with Gasteiger partial charge >= 0.3 is 25.0 Å². The Morgan fingerprint density at radius 1 is 0.536 bits per heavy atom. The second kappa shape index (κ2) is 41.8. The maximum absolute atomic E-state index is 13.2. The van der Waals surface area contributed by atoms with E-state index in [1.807, 2.05) is 101 Å². The maximum atomic E-state index is 13.2. The zero-order chi connectivity index (χ0) is 81.2. The Labute approximate surface area is 790 Å². The summed E-state index contributed by atoms with van der Waals surface area (Å²) in [5, 5.41) is 37.4. The summed E-state index contributed by atoms with van der Waals surface area (Å²) < 4.78 is 47.8. The Kier molecular flexibility index (Phi) is 39.1. The fourth-order valence-electron chi connectivity index (χ4n) is 9.94. The molecule has 110 heavy (non-hydrogen) atoms. The van der Waals surface area contributed by atoms with Crippen LogP contribution in [0.15, 0.2) is 156 Å². The molecule has 10 aromatic rings. The van der Waals surface area contributed by atoms with Crippen molar-refractivity contribution in [2.75, 3.05) is 0 Å². The van der Waals surface area contributed by atoms with E-state index in [-0.39, 0.29) is 206 Å². The van der Waals surface area contributed by atoms with E-state index < -0.39 is 11.2 Å². The molecule has 27 heteroatoms. The van der Waals surface area contributed by atoms with Crippen molar-refractivity contribution in [1.82, 2.24) is 47.8 Å². The predicted octanol–water partition coefficient (Wildman–Crippen LogP) is 17.3. The molecule has 6 aromatic heterocycles. The molecule has 0 bridgehead atoms. The number of nitrogens with zero attached hydrogens (tertiary/aromatic N) is 10. The molecule has 0 unspecified atom stereocenters. The summed E-state index contributed by atoms with van der Waals surface area (Å²) in [6.07, 6.45) is 7.00. The van der Waals surface area contributed by atoms with Crippen molar-refractivity contribution in [3.8, 4) is 22.6 Å². The molecule has 0 saturated carbocycles. The normalized spacial score (nSPS) is 13.4. The van der Waals surface area contributed by atoms with E-state index in [1.54, 1.807) is 109 Å². The molecule has 1 aliphatic rings. The Hall–Kier alpha value is -3.18. The molecule has 594 valence electrons. The third-order valence-corrected chi connectivity index (χ3v) is 21.1. The standard InChI is InChI=1S/C26H24FN5O2.C17H13ClFN5O.C15H23BO3.C8H19P.2C8H18.CH2O3.2Cs.Pd/c1-26(2,34)19-6-4-5-18(13-19)22-11-12-23-24(29-22)30(3)25(33)31(23)15-17-14-28-32(16-17)21-9-7-20(27)8-10-21;1-22-16-14(6-7-15(18)21-16)23(17(22)25)9-11-8-20-24(10-11)13-4-2-12(19)3-5-13;1-13(2,17)11-8-7-9-12(10-11)16-18-14(3,4)15(5,6)19-16;1-7(2,3)9-8(4,5)6;2*1-7(2,3)8(4,5)6;2-1-4-3;;;/h4-14,16,34H,15H2,1-3H3;2-8,10H,9H2,1H3;7-10,17H,1-6H3;9H,1-6H3;2*1-6H3;1,3H;;;. The summed E-state index contributed by atoms with van der Waals surface area (Å²) in [7, 11) is 4.03. The first-order valence-electron chi connectivity index (χ1n) is 35.8. The van der Waals surface area contributed by atoms with Crippen LogP contribution >= 0.6 is 20.2 Å². The smallest absolute Gasteiger partial charge is 0.399 e. The van der Waals surface area contributed by atoms with Crippen molar-refractivity contribution in [1.29, 1.82) is 0 Å². The molecule has 0 aliphatic carbocycles. The van der Waals surface area contributed by atoms with Crippen LogP contribution in [0.4, 0.5) is 8.78 Å². The number of halogens is 3. The van der Waals surface area contributed by atoms with Gasteiger partial charge in [0, 0.05) is 201 Å². The summed E-state index contributed by atoms with van der Waals surface area (Å²) in [5.41, 5.74) is 8.71. The van der Waals surface area contributed by atoms with E-state index in [9.17, 15) is 28.6 Å². The van der Waals surface area contributed by atoms with Gasteiger partial charge in [-0.1, -0.05) is 179 Å². The Morgan fingerprint density at radius 3 is 1.24 bits per heavy atom. The third-order valence-electron chi connectivity index (χ3n) is 19.3. The number of rotatable bonds is 11. The number of hydrogen-bond acceptors (Lipinski definition) is 13. The number of benzene rings is 4. The van der Waals surface area contributed by atoms with Crippen LogP contribution in [0.5, 0.6) is 0 Å². The average Bonchev–Trinajstić information content (AvgIpc) is 1.63. The largest absolute Gasteiger partial charge is 0.494 e. The second-order valence-electron chi connectivity index (χ2n) is 35.1. The molecule has 4 aromatic carbocycles. The van der Waals surface area contributed by atoms with Crippen LogP contribution in [0, 0.1) is 33.3 Å². The molecule has 1 saturated heterocycles. The number of carbonyl (C=O) groups excluding carboxylic acids is 1. The average molecular weight is 1890 g/mol. The van der Waals surface area contributed by atoms with Crippen LogP contribution in [-0.2, 0) is 77.8 Å². The summed E-state index contributed by atoms with van der Waals surface area (Å²) in [5.74, 6) is -0.610. The molecule has 3 N–H and O–H groups in total. The molecule has 2 radical (unpaired) electrons. The molecule has 1 fully saturated rings. The number of aromatic nitrogens is 10. The number of fused-ring (bicyclic) bond motifs is 2. The van der Waals surface area contributed by atoms with E-state index >= 15 is 0 Å². The maximum Gasteiger partial charge on any atom is 0.494 e. The molecule has 0 spiro atoms. The third kappa shape index (κ3) is 30.4. The van der Waals surface area contributed by atoms with E-state index in [0.29, 0.717) is 72.5 Å². The minimum absolute atomic E-state index is 0. The van der Waals surface area contributed by atoms with Gasteiger partial charge in [0.15, 0.2) is 11.3 Å². The van der Waals surface area contributed by atoms with Crippen LogP contribution < -0.4 is 16.8 Å². The van der Waals surface area contributed by atoms with E-state index in [0.717, 1.165) is 58.9 Å². The van der Waals surface area contributed by atoms with Gasteiger partial charge in [-0.2, -0.15) is 10.2 Å². The molecule has 1 aliphatic heterocycles. The topological polar surface area (TPSA) is 221 Å². The van der Waals surface area contributed by atoms with E-state index in [4.69, 9.17) is 35.9 Å². The number of aryl methyl sites for hydroxylation is 2. The summed E-state index contributed by atoms with van der Waals surface area (Å²) in [6.45, 7) is 56.8. The SMILES string of the molecule is CC(C)(C)C(C)(C)C.CC(C)(C)C(C)(C)C.CC(C)(C)PC(C)(C)C.CC(C)(O)c1cccc(B2OC(C)(C)C(C)(C)O2)c1.Cn1c(=O)n(Cc2cnn(-c3ccc(F)cc3)c2)c2ccc(-c3cccc(C(C)(C)O)c3)nc21.Cn1c(=O)n(Cc2cnn(-c3ccc(F)cc3)c2)c2ccc(Cl)nc21.O=COO.[Cs].[Cs].[Pd]. The van der Waals surface area contributed by atoms with Crippen molar-refractivity contribution >= 4 is 199 Å². The summed E-state index contributed by atoms with van der Waals surface area (Å²) in [6, 6.07) is 34.6. The van der Waals surface area contributed by atoms with Gasteiger partial charge in [-0.3, -0.25) is 23.1 Å². The van der Waals surface area contributed by atoms with Crippen molar-refractivity contribution in [2.45, 2.75) is 226 Å². The van der Waals surface area contributed by atoms with Crippen LogP contribution in [-0.4, -0.2) is 236 Å². The Balaban J connectivity index is 0.000000479. The van der Waals surface area contributed by atoms with Crippen LogP contribution in [0.3, 0.4) is 0 Å². The first-order chi connectivity index (χ1) is 48.9. The Bertz CT molecular complexity index is 4620. The minimum atomic E-state index is -0.964. The van der Waals surface area contributed by atoms with Gasteiger partial charge in [0.25, 0.3) is 0 Å². The summed E-state index contributed by atoms with van der Waals surface area (Å²) in [4.78, 5) is 46.0. The molecule has 19 nitrogen and oxygen atoms in total. The van der Waals surface area contributed by atoms with Crippen molar-refractivity contribution < 1.29 is 63.7 Å². The number of carbonyl (C=O) groups is 1. The van der Waals surface area contributed by atoms with Gasteiger partial charge < -0.3 is 24.4 Å². The monoisotopic (exact) mass is 1880 g/mol. The molecule has 7 heterocycles. The molecule has 11 rings (SSSR count). The second-order valence-corrected chi connectivity index (χ2v) is 38.8. The van der Waals surface area contributed by atoms with Crippen LogP contribution in [0.2, 0.25) is 5.15 Å². The number of pyridine rings is 2. The molecule has 0 atom stereocenters. The van der Waals surface area contributed by atoms with Gasteiger partial charge in [0.05, 0.1) is 76.0 Å². The van der Waals surface area contributed by atoms with Gasteiger partial charge in [-0.15, -0.1) is 8.58 Å². The van der Waals surface area contributed by atoms with Crippen LogP contribution in [0.1, 0.15) is 202 Å². The van der Waals surface area contributed by atoms with E-state index in [1.165, 1.54) is 33.4 Å². The predicted molar refractivity (Wildman–Crippen MR) is 445 cm³/mol. The molecular weight excluding hydrogens is 1770 g/mol. The molecule has 0 amide bonds. The first kappa shape index (κ1) is 103. The number of hydrogen-bond donors (Lipinski definition) is 3. The fourth-order valence-corrected chi connectivity index (χ4v) is 12.3. The van der Waals surface area contributed by atoms with Gasteiger partial charge in [0.2, 0.25) is 0 Å². The number of imidazole rings is 2. The van der Waals surface area contributed by atoms with Crippen molar-refractivity contribution in [2.24, 2.45) is 35.8 Å². The van der Waals surface area contributed by atoms with E-state index in [2.05, 4.69) is 145 Å². The Morgan fingerprint density at radius 2 is 0.891 bits per heavy atom. The van der Waals surface area contributed by atoms with Gasteiger partial charge in [-0.25, -0.2) is 43.0 Å². The molecular formula is C83H117BClCs2F2N10O9PPd. The zero-order valence-corrected chi connectivity index (χ0v) is 86.5. The fraction of sp³-hybridized carbons (Fsp3) is 0.482. The van der Waals surface area contributed by atoms with Gasteiger partial charge in [-0.05, 0) is 183 Å².